The van der Waals surface area contributed by atoms with Crippen LogP contribution in [-0.2, 0) is 0 Å². The number of fused-ring (bicyclic) bond motifs is 10. The van der Waals surface area contributed by atoms with Crippen LogP contribution in [0.2, 0.25) is 0 Å². The van der Waals surface area contributed by atoms with Gasteiger partial charge in [0.2, 0.25) is 0 Å². The number of hydrogen-bond acceptors (Lipinski definition) is 6. The molecule has 3 heterocycles. The number of aromatic nitrogens is 2. The van der Waals surface area contributed by atoms with Gasteiger partial charge in [-0.15, -0.1) is 23.5 Å². The Balaban J connectivity index is 1.03. The highest BCUT2D eigenvalue weighted by Gasteiger charge is 2.35. The highest BCUT2D eigenvalue weighted by Crippen LogP contribution is 2.49. The molecule has 2 aliphatic heterocycles. The lowest BCUT2D eigenvalue weighted by molar-refractivity contribution is 0.779. The Kier molecular flexibility index (Phi) is 6.34. The molecule has 0 amide bonds. The maximum absolute atomic E-state index is 5.38. The Hall–Kier alpha value is -5.30. The van der Waals surface area contributed by atoms with Gasteiger partial charge in [-0.05, 0) is 71.4 Å². The van der Waals surface area contributed by atoms with Crippen LogP contribution in [0.5, 0.6) is 0 Å². The fourth-order valence-corrected chi connectivity index (χ4v) is 10.6. The Morgan fingerprint density at radius 1 is 0.460 bits per heavy atom. The molecule has 0 spiro atoms. The predicted molar refractivity (Wildman–Crippen MR) is 213 cm³/mol. The van der Waals surface area contributed by atoms with Crippen molar-refractivity contribution < 1.29 is 0 Å². The van der Waals surface area contributed by atoms with E-state index in [1.807, 2.05) is 23.5 Å². The molecular weight excluding hydrogens is 649 g/mol. The summed E-state index contributed by atoms with van der Waals surface area (Å²) in [5.41, 5.74) is 8.61. The molecular formula is C44H30N4S2. The summed E-state index contributed by atoms with van der Waals surface area (Å²) in [5.74, 6) is 0. The van der Waals surface area contributed by atoms with Crippen molar-refractivity contribution in [3.05, 3.63) is 158 Å². The summed E-state index contributed by atoms with van der Waals surface area (Å²) < 4.78 is 0. The third-order valence-electron chi connectivity index (χ3n) is 10.4. The van der Waals surface area contributed by atoms with Crippen molar-refractivity contribution in [1.82, 2.24) is 9.97 Å². The Labute approximate surface area is 298 Å². The normalized spacial score (nSPS) is 21.8. The van der Waals surface area contributed by atoms with Gasteiger partial charge in [0.15, 0.2) is 0 Å². The maximum Gasteiger partial charge on any atom is 0.0973 e. The minimum absolute atomic E-state index is 0.256. The first-order valence-corrected chi connectivity index (χ1v) is 18.9. The van der Waals surface area contributed by atoms with Gasteiger partial charge in [0.1, 0.15) is 0 Å². The van der Waals surface area contributed by atoms with Gasteiger partial charge in [-0.3, -0.25) is 0 Å². The van der Waals surface area contributed by atoms with E-state index in [0.717, 1.165) is 32.8 Å². The second-order valence-electron chi connectivity index (χ2n) is 13.3. The first-order chi connectivity index (χ1) is 24.8. The first kappa shape index (κ1) is 28.5. The van der Waals surface area contributed by atoms with Crippen LogP contribution in [0.4, 0.5) is 22.7 Å². The molecule has 50 heavy (non-hydrogen) atoms. The summed E-state index contributed by atoms with van der Waals surface area (Å²) in [6.45, 7) is 0. The minimum atomic E-state index is 0.256. The highest BCUT2D eigenvalue weighted by atomic mass is 32.2. The Bertz CT molecular complexity index is 2500. The van der Waals surface area contributed by atoms with Gasteiger partial charge in [0.05, 0.1) is 56.0 Å². The molecule has 6 aromatic carbocycles. The van der Waals surface area contributed by atoms with Crippen molar-refractivity contribution in [2.45, 2.75) is 32.4 Å². The van der Waals surface area contributed by atoms with Crippen LogP contribution < -0.4 is 9.80 Å². The average Bonchev–Trinajstić information content (AvgIpc) is 3.17. The molecule has 4 aliphatic rings. The zero-order valence-electron chi connectivity index (χ0n) is 26.9. The number of benzene rings is 6. The van der Waals surface area contributed by atoms with Crippen molar-refractivity contribution in [1.29, 1.82) is 0 Å². The van der Waals surface area contributed by atoms with E-state index in [1.54, 1.807) is 0 Å². The largest absolute Gasteiger partial charge is 0.332 e. The number of hydrogen-bond donors (Lipinski definition) is 0. The second kappa shape index (κ2) is 11.1. The molecule has 6 heteroatoms. The lowest BCUT2D eigenvalue weighted by Crippen LogP contribution is -2.41. The fraction of sp³-hybridized carbons (Fsp3) is 0.0909. The summed E-state index contributed by atoms with van der Waals surface area (Å²) in [5, 5.41) is 5.31. The number of para-hydroxylation sites is 2. The van der Waals surface area contributed by atoms with E-state index in [2.05, 4.69) is 168 Å². The van der Waals surface area contributed by atoms with Gasteiger partial charge in [-0.1, -0.05) is 97.1 Å². The number of nitrogens with zero attached hydrogens (tertiary/aromatic N) is 4. The first-order valence-electron chi connectivity index (χ1n) is 17.1. The zero-order valence-corrected chi connectivity index (χ0v) is 28.6. The Morgan fingerprint density at radius 3 is 1.46 bits per heavy atom. The zero-order chi connectivity index (χ0) is 32.8. The molecule has 0 saturated heterocycles. The summed E-state index contributed by atoms with van der Waals surface area (Å²) in [6, 6.07) is 40.3. The lowest BCUT2D eigenvalue weighted by Gasteiger charge is -2.42. The molecule has 0 bridgehead atoms. The fourth-order valence-electron chi connectivity index (χ4n) is 8.12. The van der Waals surface area contributed by atoms with Crippen LogP contribution in [0, 0.1) is 0 Å². The molecule has 0 saturated carbocycles. The molecule has 2 aliphatic carbocycles. The summed E-state index contributed by atoms with van der Waals surface area (Å²) in [4.78, 5) is 18.2. The lowest BCUT2D eigenvalue weighted by atomic mass is 10.0. The number of thioether (sulfide) groups is 2. The molecule has 7 aromatic rings. The molecule has 1 aromatic heterocycles. The van der Waals surface area contributed by atoms with E-state index in [4.69, 9.17) is 9.97 Å². The predicted octanol–water partition coefficient (Wildman–Crippen LogP) is 11.3. The van der Waals surface area contributed by atoms with Gasteiger partial charge in [-0.25, -0.2) is 9.97 Å². The molecule has 11 rings (SSSR count). The van der Waals surface area contributed by atoms with Crippen LogP contribution in [-0.4, -0.2) is 32.6 Å². The molecule has 0 N–H and O–H groups in total. The number of allylic oxidation sites excluding steroid dienone is 4. The molecule has 4 unspecified atom stereocenters. The molecule has 238 valence electrons. The topological polar surface area (TPSA) is 32.3 Å². The Morgan fingerprint density at radius 2 is 0.940 bits per heavy atom. The van der Waals surface area contributed by atoms with Crippen LogP contribution in [0.25, 0.3) is 43.6 Å². The van der Waals surface area contributed by atoms with Crippen molar-refractivity contribution in [3.8, 4) is 0 Å². The van der Waals surface area contributed by atoms with Crippen LogP contribution >= 0.6 is 23.5 Å². The molecule has 0 fully saturated rings. The minimum Gasteiger partial charge on any atom is -0.332 e. The SMILES string of the molecule is C1=CC2Sc3ccccc3N(c3ccc4c(ccc5nc6ccc7cc(N8c9ccccc9SC9C=CC=CC98)ccc7c6nc54)c3)C2C=C1. The standard InChI is InChI=1S/C44H30N4S2/c1-5-13-39-35(9-1)47(36-10-2-6-14-40(36)49-39)29-19-21-31-27(25-29)17-23-33-43(31)46-44-32-22-20-30(26-28(32)18-24-34(44)45-33)48-37-11-3-7-15-41(37)50-42-16-8-4-12-38(42)48/h1-26,35,37,39,41H. The van der Waals surface area contributed by atoms with Gasteiger partial charge >= 0.3 is 0 Å². The van der Waals surface area contributed by atoms with E-state index in [9.17, 15) is 0 Å². The highest BCUT2D eigenvalue weighted by molar-refractivity contribution is 8.00. The third kappa shape index (κ3) is 4.35. The van der Waals surface area contributed by atoms with Crippen molar-refractivity contribution >= 4 is 89.9 Å². The molecule has 4 atom stereocenters. The van der Waals surface area contributed by atoms with Crippen molar-refractivity contribution in [2.75, 3.05) is 9.80 Å². The number of rotatable bonds is 2. The second-order valence-corrected chi connectivity index (χ2v) is 15.7. The van der Waals surface area contributed by atoms with E-state index >= 15 is 0 Å². The summed E-state index contributed by atoms with van der Waals surface area (Å²) in [7, 11) is 0. The van der Waals surface area contributed by atoms with E-state index in [-0.39, 0.29) is 12.1 Å². The van der Waals surface area contributed by atoms with E-state index < -0.39 is 0 Å². The van der Waals surface area contributed by atoms with E-state index in [0.29, 0.717) is 10.5 Å². The smallest absolute Gasteiger partial charge is 0.0973 e. The van der Waals surface area contributed by atoms with Crippen LogP contribution in [0.1, 0.15) is 0 Å². The van der Waals surface area contributed by atoms with Gasteiger partial charge < -0.3 is 9.80 Å². The summed E-state index contributed by atoms with van der Waals surface area (Å²) in [6.07, 6.45) is 18.0. The molecule has 0 radical (unpaired) electrons. The van der Waals surface area contributed by atoms with Crippen molar-refractivity contribution in [2.24, 2.45) is 0 Å². The van der Waals surface area contributed by atoms with Crippen LogP contribution in [0.3, 0.4) is 0 Å². The van der Waals surface area contributed by atoms with Crippen LogP contribution in [0.15, 0.2) is 168 Å². The third-order valence-corrected chi connectivity index (χ3v) is 13.0. The quantitative estimate of drug-likeness (QED) is 0.134. The summed E-state index contributed by atoms with van der Waals surface area (Å²) >= 11 is 3.90. The van der Waals surface area contributed by atoms with E-state index in [1.165, 1.54) is 43.3 Å². The number of anilines is 4. The monoisotopic (exact) mass is 678 g/mol. The van der Waals surface area contributed by atoms with Gasteiger partial charge in [-0.2, -0.15) is 0 Å². The van der Waals surface area contributed by atoms with Gasteiger partial charge in [0.25, 0.3) is 0 Å². The van der Waals surface area contributed by atoms with Crippen molar-refractivity contribution in [3.63, 3.8) is 0 Å². The van der Waals surface area contributed by atoms with Gasteiger partial charge in [0, 0.05) is 31.9 Å². The molecule has 4 nitrogen and oxygen atoms in total. The maximum atomic E-state index is 5.38. The average molecular weight is 679 g/mol.